The van der Waals surface area contributed by atoms with E-state index in [-0.39, 0.29) is 18.4 Å². The summed E-state index contributed by atoms with van der Waals surface area (Å²) in [5, 5.41) is 15.7. The number of halogens is 1. The van der Waals surface area contributed by atoms with Crippen LogP contribution in [0, 0.1) is 17.2 Å². The summed E-state index contributed by atoms with van der Waals surface area (Å²) in [4.78, 5) is 24.9. The number of nitrogens with one attached hydrogen (secondary N) is 2. The number of benzene rings is 2. The fourth-order valence-corrected chi connectivity index (χ4v) is 2.53. The molecule has 0 saturated heterocycles. The smallest absolute Gasteiger partial charge is 0.262 e. The summed E-state index contributed by atoms with van der Waals surface area (Å²) in [6.07, 6.45) is 1.45. The molecule has 0 spiro atoms. The molecule has 7 nitrogen and oxygen atoms in total. The maximum Gasteiger partial charge on any atom is 0.262 e. The van der Waals surface area contributed by atoms with E-state index in [1.54, 1.807) is 48.5 Å². The van der Waals surface area contributed by atoms with Gasteiger partial charge in [0.05, 0.1) is 6.21 Å². The van der Waals surface area contributed by atoms with Crippen LogP contribution in [0.1, 0.15) is 29.8 Å². The predicted octanol–water partition coefficient (Wildman–Crippen LogP) is 3.15. The minimum Gasteiger partial charge on any atom is -0.479 e. The fourth-order valence-electron chi connectivity index (χ4n) is 2.40. The quantitative estimate of drug-likeness (QED) is 0.513. The first-order valence-corrected chi connectivity index (χ1v) is 9.27. The van der Waals surface area contributed by atoms with Crippen molar-refractivity contribution in [1.82, 2.24) is 10.7 Å². The second kappa shape index (κ2) is 10.8. The molecule has 1 unspecified atom stereocenters. The van der Waals surface area contributed by atoms with Crippen molar-refractivity contribution in [2.45, 2.75) is 19.9 Å². The maximum atomic E-state index is 12.5. The van der Waals surface area contributed by atoms with Crippen LogP contribution in [0.2, 0.25) is 5.02 Å². The van der Waals surface area contributed by atoms with Crippen molar-refractivity contribution in [2.75, 3.05) is 6.61 Å². The summed E-state index contributed by atoms with van der Waals surface area (Å²) in [5.74, 6) is -0.432. The average Bonchev–Trinajstić information content (AvgIpc) is 2.70. The monoisotopic (exact) mass is 412 g/mol. The molecule has 0 aliphatic carbocycles. The first kappa shape index (κ1) is 21.9. The van der Waals surface area contributed by atoms with Crippen LogP contribution in [0.25, 0.3) is 0 Å². The number of carbonyl (C=O) groups is 2. The van der Waals surface area contributed by atoms with Crippen LogP contribution >= 0.6 is 11.6 Å². The lowest BCUT2D eigenvalue weighted by molar-refractivity contribution is -0.123. The molecule has 0 radical (unpaired) electrons. The van der Waals surface area contributed by atoms with Gasteiger partial charge in [-0.3, -0.25) is 9.59 Å². The molecule has 0 fully saturated rings. The Morgan fingerprint density at radius 3 is 2.62 bits per heavy atom. The summed E-state index contributed by atoms with van der Waals surface area (Å²) in [7, 11) is 0. The van der Waals surface area contributed by atoms with E-state index in [9.17, 15) is 9.59 Å². The number of carbonyl (C=O) groups excluding carboxylic acids is 2. The van der Waals surface area contributed by atoms with Crippen LogP contribution in [0.4, 0.5) is 0 Å². The molecule has 0 bridgehead atoms. The third kappa shape index (κ3) is 6.94. The Morgan fingerprint density at radius 1 is 1.24 bits per heavy atom. The first-order chi connectivity index (χ1) is 13.9. The molecule has 2 aromatic carbocycles. The van der Waals surface area contributed by atoms with Crippen molar-refractivity contribution in [3.8, 4) is 11.8 Å². The van der Waals surface area contributed by atoms with E-state index in [1.807, 2.05) is 19.9 Å². The van der Waals surface area contributed by atoms with Crippen LogP contribution in [-0.4, -0.2) is 30.7 Å². The van der Waals surface area contributed by atoms with Gasteiger partial charge in [0.2, 0.25) is 0 Å². The highest BCUT2D eigenvalue weighted by molar-refractivity contribution is 6.30. The van der Waals surface area contributed by atoms with E-state index in [0.29, 0.717) is 21.9 Å². The van der Waals surface area contributed by atoms with E-state index < -0.39 is 11.9 Å². The van der Waals surface area contributed by atoms with Crippen LogP contribution in [-0.2, 0) is 4.79 Å². The molecule has 150 valence electrons. The fraction of sp³-hybridized carbons (Fsp3) is 0.238. The summed E-state index contributed by atoms with van der Waals surface area (Å²) in [6, 6.07) is 14.5. The van der Waals surface area contributed by atoms with E-state index in [1.165, 1.54) is 6.21 Å². The number of hydrazone groups is 1. The van der Waals surface area contributed by atoms with Crippen LogP contribution in [0.5, 0.6) is 5.75 Å². The van der Waals surface area contributed by atoms with Crippen LogP contribution in [0.3, 0.4) is 0 Å². The number of rotatable bonds is 8. The maximum absolute atomic E-state index is 12.5. The van der Waals surface area contributed by atoms with E-state index in [0.717, 1.165) is 0 Å². The lowest BCUT2D eigenvalue weighted by Gasteiger charge is -2.20. The van der Waals surface area contributed by atoms with Gasteiger partial charge in [0.1, 0.15) is 17.9 Å². The first-order valence-electron chi connectivity index (χ1n) is 8.90. The highest BCUT2D eigenvalue weighted by atomic mass is 35.5. The van der Waals surface area contributed by atoms with Gasteiger partial charge in [0.25, 0.3) is 11.8 Å². The van der Waals surface area contributed by atoms with Crippen molar-refractivity contribution in [2.24, 2.45) is 11.0 Å². The van der Waals surface area contributed by atoms with Gasteiger partial charge in [-0.2, -0.15) is 10.4 Å². The Labute approximate surface area is 174 Å². The van der Waals surface area contributed by atoms with Crippen molar-refractivity contribution < 1.29 is 14.3 Å². The Hall–Kier alpha value is -3.37. The number of hydrogen-bond donors (Lipinski definition) is 2. The minimum atomic E-state index is -0.763. The highest BCUT2D eigenvalue weighted by Gasteiger charge is 2.24. The molecule has 0 heterocycles. The largest absolute Gasteiger partial charge is 0.479 e. The van der Waals surface area contributed by atoms with Gasteiger partial charge >= 0.3 is 0 Å². The summed E-state index contributed by atoms with van der Waals surface area (Å²) in [5.41, 5.74) is 3.54. The van der Waals surface area contributed by atoms with Crippen LogP contribution < -0.4 is 15.5 Å². The van der Waals surface area contributed by atoms with Gasteiger partial charge in [0, 0.05) is 10.6 Å². The van der Waals surface area contributed by atoms with Gasteiger partial charge in [-0.15, -0.1) is 0 Å². The molecular formula is C21H21ClN4O3. The molecule has 0 aliphatic rings. The van der Waals surface area contributed by atoms with Crippen molar-refractivity contribution >= 4 is 29.6 Å². The molecule has 0 aromatic heterocycles. The molecule has 8 heteroatoms. The standard InChI is InChI=1S/C21H21ClN4O3/c1-14(2)19(25-20(27)16-6-8-17(22)9-7-16)21(28)26-24-13-15-4-3-5-18(12-15)29-11-10-23/h3-9,12-14,19H,11H2,1-2H3,(H,25,27)(H,26,28)/b24-13+. The Morgan fingerprint density at radius 2 is 1.97 bits per heavy atom. The Kier molecular flexibility index (Phi) is 8.19. The third-order valence-electron chi connectivity index (χ3n) is 3.89. The minimum absolute atomic E-state index is 0.0548. The Balaban J connectivity index is 1.99. The van der Waals surface area contributed by atoms with E-state index in [4.69, 9.17) is 21.6 Å². The molecule has 0 saturated carbocycles. The third-order valence-corrected chi connectivity index (χ3v) is 4.14. The van der Waals surface area contributed by atoms with Crippen molar-refractivity contribution in [3.63, 3.8) is 0 Å². The van der Waals surface area contributed by atoms with E-state index >= 15 is 0 Å². The summed E-state index contributed by atoms with van der Waals surface area (Å²) >= 11 is 5.83. The van der Waals surface area contributed by atoms with E-state index in [2.05, 4.69) is 15.8 Å². The number of nitrogens with zero attached hydrogens (tertiary/aromatic N) is 2. The number of ether oxygens (including phenoxy) is 1. The molecule has 2 aromatic rings. The molecule has 2 N–H and O–H groups in total. The average molecular weight is 413 g/mol. The van der Waals surface area contributed by atoms with Crippen LogP contribution in [0.15, 0.2) is 53.6 Å². The highest BCUT2D eigenvalue weighted by Crippen LogP contribution is 2.12. The second-order valence-electron chi connectivity index (χ2n) is 6.46. The molecule has 29 heavy (non-hydrogen) atoms. The normalized spacial score (nSPS) is 11.7. The lowest BCUT2D eigenvalue weighted by atomic mass is 10.0. The van der Waals surface area contributed by atoms with Gasteiger partial charge < -0.3 is 10.1 Å². The Bertz CT molecular complexity index is 920. The molecule has 2 amide bonds. The zero-order valence-corrected chi connectivity index (χ0v) is 16.8. The zero-order chi connectivity index (χ0) is 21.2. The van der Waals surface area contributed by atoms with Gasteiger partial charge in [0.15, 0.2) is 6.61 Å². The lowest BCUT2D eigenvalue weighted by Crippen LogP contribution is -2.48. The zero-order valence-electron chi connectivity index (χ0n) is 16.1. The van der Waals surface area contributed by atoms with Crippen molar-refractivity contribution in [1.29, 1.82) is 5.26 Å². The topological polar surface area (TPSA) is 104 Å². The number of amides is 2. The number of nitriles is 1. The SMILES string of the molecule is CC(C)C(NC(=O)c1ccc(Cl)cc1)C(=O)N/N=C/c1cccc(OCC#N)c1. The predicted molar refractivity (Wildman–Crippen MR) is 111 cm³/mol. The molecule has 2 rings (SSSR count). The molecule has 0 aliphatic heterocycles. The molecule has 1 atom stereocenters. The summed E-state index contributed by atoms with van der Waals surface area (Å²) < 4.78 is 5.22. The molecular weight excluding hydrogens is 392 g/mol. The summed E-state index contributed by atoms with van der Waals surface area (Å²) in [6.45, 7) is 3.60. The van der Waals surface area contributed by atoms with Gasteiger partial charge in [-0.05, 0) is 47.9 Å². The second-order valence-corrected chi connectivity index (χ2v) is 6.89. The van der Waals surface area contributed by atoms with Gasteiger partial charge in [-0.25, -0.2) is 5.43 Å². The number of hydrogen-bond acceptors (Lipinski definition) is 5. The van der Waals surface area contributed by atoms with Crippen molar-refractivity contribution in [3.05, 3.63) is 64.7 Å². The van der Waals surface area contributed by atoms with Gasteiger partial charge in [-0.1, -0.05) is 37.6 Å².